The normalized spacial score (nSPS) is 10.9. The van der Waals surface area contributed by atoms with Crippen molar-refractivity contribution in [1.29, 1.82) is 0 Å². The third-order valence-electron chi connectivity index (χ3n) is 4.04. The van der Waals surface area contributed by atoms with Crippen LogP contribution in [0.1, 0.15) is 5.69 Å². The number of anilines is 1. The first kappa shape index (κ1) is 18.0. The minimum atomic E-state index is -0.278. The number of amides is 1. The van der Waals surface area contributed by atoms with E-state index in [1.54, 1.807) is 18.2 Å². The average molecular weight is 391 g/mol. The number of nitrogens with zero attached hydrogens (tertiary/aromatic N) is 2. The number of H-pyrrole nitrogens is 2. The van der Waals surface area contributed by atoms with Crippen molar-refractivity contribution in [2.75, 3.05) is 11.1 Å². The van der Waals surface area contributed by atoms with Gasteiger partial charge in [0.05, 0.1) is 22.5 Å². The molecule has 2 aromatic heterocycles. The van der Waals surface area contributed by atoms with E-state index in [4.69, 9.17) is 0 Å². The van der Waals surface area contributed by atoms with E-state index in [1.165, 1.54) is 11.8 Å². The Morgan fingerprint density at radius 1 is 1.04 bits per heavy atom. The zero-order valence-electron chi connectivity index (χ0n) is 15.0. The average Bonchev–Trinajstić information content (AvgIpc) is 3.06. The number of hydrogen-bond donors (Lipinski definition) is 3. The second kappa shape index (κ2) is 7.69. The molecule has 0 aliphatic heterocycles. The number of aryl methyl sites for hydroxylation is 1. The van der Waals surface area contributed by atoms with E-state index in [0.717, 1.165) is 17.0 Å². The molecule has 2 aromatic carbocycles. The summed E-state index contributed by atoms with van der Waals surface area (Å²) in [7, 11) is 0. The van der Waals surface area contributed by atoms with Crippen LogP contribution in [0.3, 0.4) is 0 Å². The Labute approximate surface area is 164 Å². The van der Waals surface area contributed by atoms with Gasteiger partial charge in [-0.05, 0) is 31.2 Å². The van der Waals surface area contributed by atoms with Crippen molar-refractivity contribution < 1.29 is 4.79 Å². The van der Waals surface area contributed by atoms with Crippen LogP contribution in [0.2, 0.25) is 0 Å². The summed E-state index contributed by atoms with van der Waals surface area (Å²) in [5.74, 6) is 0.00734. The monoisotopic (exact) mass is 391 g/mol. The maximum Gasteiger partial charge on any atom is 0.323 e. The first-order chi connectivity index (χ1) is 13.6. The summed E-state index contributed by atoms with van der Waals surface area (Å²) in [6.45, 7) is 1.91. The Bertz CT molecular complexity index is 1200. The molecule has 0 bridgehead atoms. The molecule has 7 nitrogen and oxygen atoms in total. The molecule has 140 valence electrons. The van der Waals surface area contributed by atoms with Gasteiger partial charge in [0.25, 0.3) is 0 Å². The summed E-state index contributed by atoms with van der Waals surface area (Å²) in [5.41, 5.74) is 4.36. The number of carbonyl (C=O) groups is 1. The molecular formula is C20H17N5O2S. The first-order valence-corrected chi connectivity index (χ1v) is 9.61. The van der Waals surface area contributed by atoms with Crippen LogP contribution in [-0.2, 0) is 4.79 Å². The van der Waals surface area contributed by atoms with Gasteiger partial charge in [0.1, 0.15) is 0 Å². The lowest BCUT2D eigenvalue weighted by atomic mass is 10.1. The lowest BCUT2D eigenvalue weighted by Gasteiger charge is -2.07. The number of fused-ring (bicyclic) bond motifs is 1. The Hall–Kier alpha value is -3.39. The number of aromatic nitrogens is 4. The molecule has 0 spiro atoms. The number of thioether (sulfide) groups is 1. The molecular weight excluding hydrogens is 374 g/mol. The second-order valence-corrected chi connectivity index (χ2v) is 7.16. The molecule has 0 saturated heterocycles. The molecule has 3 N–H and O–H groups in total. The number of aromatic amines is 2. The van der Waals surface area contributed by atoms with E-state index in [1.807, 2.05) is 43.3 Å². The molecule has 4 aromatic rings. The molecule has 28 heavy (non-hydrogen) atoms. The Balaban J connectivity index is 1.44. The Kier molecular flexibility index (Phi) is 4.94. The topological polar surface area (TPSA) is 104 Å². The van der Waals surface area contributed by atoms with E-state index >= 15 is 0 Å². The lowest BCUT2D eigenvalue weighted by molar-refractivity contribution is -0.113. The van der Waals surface area contributed by atoms with E-state index in [0.29, 0.717) is 21.9 Å². The molecule has 4 rings (SSSR count). The van der Waals surface area contributed by atoms with Crippen molar-refractivity contribution in [1.82, 2.24) is 19.9 Å². The van der Waals surface area contributed by atoms with E-state index in [9.17, 15) is 9.59 Å². The SMILES string of the molecule is Cc1cc(-c2ccccc2)nc(SCC(=O)Nc2ccc3[nH]c(=O)[nH]c3c2)n1. The highest BCUT2D eigenvalue weighted by Crippen LogP contribution is 2.22. The van der Waals surface area contributed by atoms with Crippen molar-refractivity contribution in [2.45, 2.75) is 12.1 Å². The van der Waals surface area contributed by atoms with Crippen LogP contribution < -0.4 is 11.0 Å². The summed E-state index contributed by atoms with van der Waals surface area (Å²) >= 11 is 1.28. The predicted octanol–water partition coefficient (Wildman–Crippen LogP) is 3.35. The minimum absolute atomic E-state index is 0.173. The van der Waals surface area contributed by atoms with Crippen molar-refractivity contribution in [3.05, 3.63) is 70.8 Å². The van der Waals surface area contributed by atoms with Gasteiger partial charge in [-0.15, -0.1) is 0 Å². The van der Waals surface area contributed by atoms with Crippen LogP contribution >= 0.6 is 11.8 Å². The highest BCUT2D eigenvalue weighted by molar-refractivity contribution is 7.99. The van der Waals surface area contributed by atoms with Crippen LogP contribution in [0.5, 0.6) is 0 Å². The number of hydrogen-bond acceptors (Lipinski definition) is 5. The number of imidazole rings is 1. The summed E-state index contributed by atoms with van der Waals surface area (Å²) in [6, 6.07) is 17.0. The van der Waals surface area contributed by atoms with Crippen LogP contribution in [0.4, 0.5) is 5.69 Å². The fraction of sp³-hybridized carbons (Fsp3) is 0.100. The van der Waals surface area contributed by atoms with Crippen molar-refractivity contribution >= 4 is 34.4 Å². The van der Waals surface area contributed by atoms with Crippen LogP contribution in [0, 0.1) is 6.92 Å². The molecule has 0 saturated carbocycles. The molecule has 0 aliphatic rings. The number of benzene rings is 2. The van der Waals surface area contributed by atoms with Crippen LogP contribution in [-0.4, -0.2) is 31.6 Å². The van der Waals surface area contributed by atoms with E-state index in [2.05, 4.69) is 25.3 Å². The van der Waals surface area contributed by atoms with E-state index in [-0.39, 0.29) is 17.3 Å². The zero-order valence-corrected chi connectivity index (χ0v) is 15.8. The molecule has 2 heterocycles. The van der Waals surface area contributed by atoms with Gasteiger partial charge < -0.3 is 15.3 Å². The van der Waals surface area contributed by atoms with Crippen molar-refractivity contribution in [3.8, 4) is 11.3 Å². The van der Waals surface area contributed by atoms with Gasteiger partial charge in [0.15, 0.2) is 5.16 Å². The fourth-order valence-electron chi connectivity index (χ4n) is 2.80. The highest BCUT2D eigenvalue weighted by atomic mass is 32.2. The summed E-state index contributed by atoms with van der Waals surface area (Å²) in [6.07, 6.45) is 0. The maximum absolute atomic E-state index is 12.3. The van der Waals surface area contributed by atoms with Crippen LogP contribution in [0.15, 0.2) is 64.5 Å². The second-order valence-electron chi connectivity index (χ2n) is 6.22. The smallest absolute Gasteiger partial charge is 0.323 e. The lowest BCUT2D eigenvalue weighted by Crippen LogP contribution is -2.14. The third kappa shape index (κ3) is 4.12. The number of carbonyl (C=O) groups excluding carboxylic acids is 1. The molecule has 0 aliphatic carbocycles. The Morgan fingerprint density at radius 3 is 2.64 bits per heavy atom. The molecule has 1 amide bonds. The van der Waals surface area contributed by atoms with Gasteiger partial charge >= 0.3 is 5.69 Å². The Morgan fingerprint density at radius 2 is 1.82 bits per heavy atom. The number of rotatable bonds is 5. The quantitative estimate of drug-likeness (QED) is 0.358. The van der Waals surface area contributed by atoms with Gasteiger partial charge in [-0.3, -0.25) is 4.79 Å². The van der Waals surface area contributed by atoms with Gasteiger partial charge in [0.2, 0.25) is 5.91 Å². The van der Waals surface area contributed by atoms with Crippen LogP contribution in [0.25, 0.3) is 22.3 Å². The van der Waals surface area contributed by atoms with Gasteiger partial charge in [-0.2, -0.15) is 0 Å². The van der Waals surface area contributed by atoms with Gasteiger partial charge in [-0.1, -0.05) is 42.1 Å². The predicted molar refractivity (Wildman–Crippen MR) is 110 cm³/mol. The van der Waals surface area contributed by atoms with Gasteiger partial charge in [-0.25, -0.2) is 14.8 Å². The highest BCUT2D eigenvalue weighted by Gasteiger charge is 2.09. The van der Waals surface area contributed by atoms with E-state index < -0.39 is 0 Å². The summed E-state index contributed by atoms with van der Waals surface area (Å²) in [5, 5.41) is 3.38. The standard InChI is InChI=1S/C20H17N5O2S/c1-12-9-16(13-5-3-2-4-6-13)25-20(21-12)28-11-18(26)22-14-7-8-15-17(10-14)24-19(27)23-15/h2-10H,11H2,1H3,(H,22,26)(H2,23,24,27). The molecule has 8 heteroatoms. The largest absolute Gasteiger partial charge is 0.325 e. The number of nitrogens with one attached hydrogen (secondary N) is 3. The maximum atomic E-state index is 12.3. The van der Waals surface area contributed by atoms with Gasteiger partial charge in [0, 0.05) is 16.9 Å². The molecule has 0 radical (unpaired) electrons. The first-order valence-electron chi connectivity index (χ1n) is 8.63. The summed E-state index contributed by atoms with van der Waals surface area (Å²) in [4.78, 5) is 37.9. The zero-order chi connectivity index (χ0) is 19.5. The van der Waals surface area contributed by atoms with Crippen molar-refractivity contribution in [2.24, 2.45) is 0 Å². The third-order valence-corrected chi connectivity index (χ3v) is 4.88. The molecule has 0 atom stereocenters. The minimum Gasteiger partial charge on any atom is -0.325 e. The molecule has 0 fully saturated rings. The molecule has 0 unspecified atom stereocenters. The fourth-order valence-corrected chi connectivity index (χ4v) is 3.50. The summed E-state index contributed by atoms with van der Waals surface area (Å²) < 4.78 is 0. The van der Waals surface area contributed by atoms with Crippen molar-refractivity contribution in [3.63, 3.8) is 0 Å².